The van der Waals surface area contributed by atoms with Gasteiger partial charge in [-0.25, -0.2) is 0 Å². The Labute approximate surface area is 95.8 Å². The summed E-state index contributed by atoms with van der Waals surface area (Å²) in [6.07, 6.45) is 4.89. The van der Waals surface area contributed by atoms with E-state index in [9.17, 15) is 4.79 Å². The molecule has 0 aromatic heterocycles. The van der Waals surface area contributed by atoms with E-state index in [2.05, 4.69) is 17.9 Å². The van der Waals surface area contributed by atoms with Gasteiger partial charge in [-0.1, -0.05) is 30.4 Å². The van der Waals surface area contributed by atoms with Crippen LogP contribution < -0.4 is 5.32 Å². The van der Waals surface area contributed by atoms with Gasteiger partial charge in [-0.2, -0.15) is 0 Å². The molecule has 0 radical (unpaired) electrons. The van der Waals surface area contributed by atoms with Crippen molar-refractivity contribution in [3.05, 3.63) is 35.9 Å². The summed E-state index contributed by atoms with van der Waals surface area (Å²) in [5, 5.41) is 2.74. The number of thiol groups is 1. The Bertz CT molecular complexity index is 360. The van der Waals surface area contributed by atoms with Crippen molar-refractivity contribution < 1.29 is 4.79 Å². The molecule has 1 rings (SSSR count). The van der Waals surface area contributed by atoms with Crippen molar-refractivity contribution in [2.45, 2.75) is 18.2 Å². The van der Waals surface area contributed by atoms with Crippen molar-refractivity contribution in [2.75, 3.05) is 6.54 Å². The summed E-state index contributed by atoms with van der Waals surface area (Å²) < 4.78 is 0. The van der Waals surface area contributed by atoms with E-state index in [4.69, 9.17) is 0 Å². The summed E-state index contributed by atoms with van der Waals surface area (Å²) in [6, 6.07) is 7.90. The molecular weight excluding hydrogens is 206 g/mol. The summed E-state index contributed by atoms with van der Waals surface area (Å²) in [5.74, 6) is 0.0120. The van der Waals surface area contributed by atoms with E-state index in [1.54, 1.807) is 0 Å². The van der Waals surface area contributed by atoms with Crippen LogP contribution in [0, 0.1) is 0 Å². The normalized spacial score (nSPS) is 10.5. The molecule has 0 fully saturated rings. The van der Waals surface area contributed by atoms with Crippen LogP contribution in [0.1, 0.15) is 18.9 Å². The minimum atomic E-state index is 0.0120. The van der Waals surface area contributed by atoms with Crippen molar-refractivity contribution in [3.63, 3.8) is 0 Å². The second-order valence-electron chi connectivity index (χ2n) is 3.23. The SMILES string of the molecule is CC(=O)NCCC=Cc1ccccc1S. The number of hydrogen-bond donors (Lipinski definition) is 2. The molecule has 1 N–H and O–H groups in total. The number of rotatable bonds is 4. The van der Waals surface area contributed by atoms with Crippen LogP contribution in [0.5, 0.6) is 0 Å². The average Bonchev–Trinajstić information content (AvgIpc) is 2.20. The van der Waals surface area contributed by atoms with Crippen molar-refractivity contribution in [3.8, 4) is 0 Å². The van der Waals surface area contributed by atoms with E-state index in [0.717, 1.165) is 16.9 Å². The predicted molar refractivity (Wildman–Crippen MR) is 66.0 cm³/mol. The molecule has 0 saturated heterocycles. The molecule has 80 valence electrons. The first-order valence-electron chi connectivity index (χ1n) is 4.89. The van der Waals surface area contributed by atoms with Crippen molar-refractivity contribution in [1.29, 1.82) is 0 Å². The maximum absolute atomic E-state index is 10.6. The van der Waals surface area contributed by atoms with E-state index in [-0.39, 0.29) is 5.91 Å². The lowest BCUT2D eigenvalue weighted by Crippen LogP contribution is -2.20. The van der Waals surface area contributed by atoms with E-state index in [1.165, 1.54) is 6.92 Å². The number of carbonyl (C=O) groups excluding carboxylic acids is 1. The molecule has 0 atom stereocenters. The van der Waals surface area contributed by atoms with Gasteiger partial charge in [0.15, 0.2) is 0 Å². The van der Waals surface area contributed by atoms with Crippen LogP contribution in [0.4, 0.5) is 0 Å². The quantitative estimate of drug-likeness (QED) is 0.593. The van der Waals surface area contributed by atoms with E-state index >= 15 is 0 Å². The molecule has 1 aromatic rings. The monoisotopic (exact) mass is 221 g/mol. The van der Waals surface area contributed by atoms with Crippen LogP contribution in [0.3, 0.4) is 0 Å². The van der Waals surface area contributed by atoms with E-state index in [0.29, 0.717) is 6.54 Å². The number of benzene rings is 1. The summed E-state index contributed by atoms with van der Waals surface area (Å²) in [5.41, 5.74) is 1.10. The Morgan fingerprint density at radius 1 is 1.47 bits per heavy atom. The fraction of sp³-hybridized carbons (Fsp3) is 0.250. The minimum Gasteiger partial charge on any atom is -0.356 e. The van der Waals surface area contributed by atoms with Gasteiger partial charge in [0.05, 0.1) is 0 Å². The predicted octanol–water partition coefficient (Wildman–Crippen LogP) is 2.51. The van der Waals surface area contributed by atoms with Crippen molar-refractivity contribution in [2.24, 2.45) is 0 Å². The third-order valence-corrected chi connectivity index (χ3v) is 2.33. The zero-order valence-corrected chi connectivity index (χ0v) is 9.63. The Kier molecular flexibility index (Phi) is 4.98. The Morgan fingerprint density at radius 3 is 2.87 bits per heavy atom. The Balaban J connectivity index is 2.38. The molecule has 1 amide bonds. The van der Waals surface area contributed by atoms with Crippen LogP contribution in [0.15, 0.2) is 35.2 Å². The molecule has 1 aromatic carbocycles. The molecule has 3 heteroatoms. The maximum atomic E-state index is 10.6. The van der Waals surface area contributed by atoms with Gasteiger partial charge >= 0.3 is 0 Å². The second kappa shape index (κ2) is 6.30. The number of hydrogen-bond acceptors (Lipinski definition) is 2. The van der Waals surface area contributed by atoms with Gasteiger partial charge in [0.25, 0.3) is 0 Å². The van der Waals surface area contributed by atoms with Gasteiger partial charge in [0, 0.05) is 18.4 Å². The third-order valence-electron chi connectivity index (χ3n) is 1.92. The standard InChI is InChI=1S/C12H15NOS/c1-10(14)13-9-5-4-7-11-6-2-3-8-12(11)15/h2-4,6-8,15H,5,9H2,1H3,(H,13,14). The molecular formula is C12H15NOS. The van der Waals surface area contributed by atoms with Crippen LogP contribution in [-0.4, -0.2) is 12.5 Å². The third kappa shape index (κ3) is 4.70. The topological polar surface area (TPSA) is 29.1 Å². The average molecular weight is 221 g/mol. The summed E-state index contributed by atoms with van der Waals surface area (Å²) in [4.78, 5) is 11.5. The highest BCUT2D eigenvalue weighted by atomic mass is 32.1. The number of amides is 1. The fourth-order valence-corrected chi connectivity index (χ4v) is 1.41. The Hall–Kier alpha value is -1.22. The summed E-state index contributed by atoms with van der Waals surface area (Å²) in [6.45, 7) is 2.20. The van der Waals surface area contributed by atoms with Crippen molar-refractivity contribution >= 4 is 24.6 Å². The summed E-state index contributed by atoms with van der Waals surface area (Å²) in [7, 11) is 0. The molecule has 2 nitrogen and oxygen atoms in total. The van der Waals surface area contributed by atoms with E-state index < -0.39 is 0 Å². The largest absolute Gasteiger partial charge is 0.356 e. The van der Waals surface area contributed by atoms with E-state index in [1.807, 2.05) is 36.4 Å². The van der Waals surface area contributed by atoms with Crippen molar-refractivity contribution in [1.82, 2.24) is 5.32 Å². The van der Waals surface area contributed by atoms with Gasteiger partial charge in [-0.3, -0.25) is 4.79 Å². The minimum absolute atomic E-state index is 0.0120. The van der Waals surface area contributed by atoms with Gasteiger partial charge in [0.2, 0.25) is 5.91 Å². The lowest BCUT2D eigenvalue weighted by molar-refractivity contribution is -0.118. The molecule has 0 saturated carbocycles. The maximum Gasteiger partial charge on any atom is 0.216 e. The molecule has 0 aliphatic heterocycles. The van der Waals surface area contributed by atoms with Gasteiger partial charge in [-0.15, -0.1) is 12.6 Å². The molecule has 15 heavy (non-hydrogen) atoms. The molecule has 0 unspecified atom stereocenters. The van der Waals surface area contributed by atoms with Crippen LogP contribution >= 0.6 is 12.6 Å². The second-order valence-corrected chi connectivity index (χ2v) is 3.71. The van der Waals surface area contributed by atoms with Gasteiger partial charge < -0.3 is 5.32 Å². The molecule has 0 aliphatic rings. The molecule has 0 spiro atoms. The van der Waals surface area contributed by atoms with Gasteiger partial charge in [-0.05, 0) is 18.1 Å². The van der Waals surface area contributed by atoms with Crippen LogP contribution in [0.2, 0.25) is 0 Å². The highest BCUT2D eigenvalue weighted by Gasteiger charge is 1.91. The lowest BCUT2D eigenvalue weighted by atomic mass is 10.2. The zero-order valence-electron chi connectivity index (χ0n) is 8.73. The smallest absolute Gasteiger partial charge is 0.216 e. The molecule has 0 aliphatic carbocycles. The first-order chi connectivity index (χ1) is 7.20. The summed E-state index contributed by atoms with van der Waals surface area (Å²) >= 11 is 4.33. The number of carbonyl (C=O) groups is 1. The zero-order chi connectivity index (χ0) is 11.1. The first kappa shape index (κ1) is 11.9. The highest BCUT2D eigenvalue weighted by Crippen LogP contribution is 2.14. The van der Waals surface area contributed by atoms with Crippen LogP contribution in [-0.2, 0) is 4.79 Å². The Morgan fingerprint density at radius 2 is 2.20 bits per heavy atom. The highest BCUT2D eigenvalue weighted by molar-refractivity contribution is 7.80. The molecule has 0 bridgehead atoms. The molecule has 0 heterocycles. The fourth-order valence-electron chi connectivity index (χ4n) is 1.17. The first-order valence-corrected chi connectivity index (χ1v) is 5.34. The lowest BCUT2D eigenvalue weighted by Gasteiger charge is -1.99. The van der Waals surface area contributed by atoms with Gasteiger partial charge in [0.1, 0.15) is 0 Å². The van der Waals surface area contributed by atoms with Crippen LogP contribution in [0.25, 0.3) is 6.08 Å². The number of nitrogens with one attached hydrogen (secondary N) is 1.